The summed E-state index contributed by atoms with van der Waals surface area (Å²) >= 11 is 0. The molecule has 0 saturated carbocycles. The Morgan fingerprint density at radius 3 is 2.50 bits per heavy atom. The zero-order valence-electron chi connectivity index (χ0n) is 12.0. The number of nitriles is 1. The number of rotatable bonds is 4. The van der Waals surface area contributed by atoms with Gasteiger partial charge in [0.05, 0.1) is 6.07 Å². The monoisotopic (exact) mass is 300 g/mol. The van der Waals surface area contributed by atoms with Crippen LogP contribution in [-0.4, -0.2) is 21.5 Å². The summed E-state index contributed by atoms with van der Waals surface area (Å²) in [7, 11) is 1.66. The number of carbonyl (C=O) groups excluding carboxylic acids is 2. The van der Waals surface area contributed by atoms with Gasteiger partial charge in [-0.05, 0) is 37.3 Å². The van der Waals surface area contributed by atoms with Gasteiger partial charge in [-0.25, -0.2) is 4.39 Å². The van der Waals surface area contributed by atoms with Gasteiger partial charge in [0.2, 0.25) is 11.7 Å². The predicted octanol–water partition coefficient (Wildman–Crippen LogP) is 1.83. The van der Waals surface area contributed by atoms with Crippen molar-refractivity contribution < 1.29 is 14.0 Å². The molecule has 0 aliphatic rings. The first-order chi connectivity index (χ1) is 10.4. The molecule has 0 saturated heterocycles. The number of nitrogens with one attached hydrogen (secondary N) is 1. The third-order valence-electron chi connectivity index (χ3n) is 3.13. The molecule has 1 unspecified atom stereocenters. The fraction of sp³-hybridized carbons (Fsp3) is 0.200. The van der Waals surface area contributed by atoms with E-state index >= 15 is 0 Å². The maximum Gasteiger partial charge on any atom is 0.249 e. The van der Waals surface area contributed by atoms with Crippen LogP contribution in [0.1, 0.15) is 16.2 Å². The van der Waals surface area contributed by atoms with Gasteiger partial charge in [-0.15, -0.1) is 0 Å². The van der Waals surface area contributed by atoms with Gasteiger partial charge in [-0.1, -0.05) is 0 Å². The third kappa shape index (κ3) is 3.17. The Bertz CT molecular complexity index is 739. The molecule has 0 aliphatic carbocycles. The first kappa shape index (κ1) is 15.4. The maximum atomic E-state index is 12.8. The lowest BCUT2D eigenvalue weighted by atomic mass is 10.0. The average molecular weight is 300 g/mol. The summed E-state index contributed by atoms with van der Waals surface area (Å²) in [6.45, 7) is 1.75. The van der Waals surface area contributed by atoms with Crippen LogP contribution < -0.4 is 5.32 Å². The number of halogens is 1. The number of aromatic nitrogens is 2. The fourth-order valence-electron chi connectivity index (χ4n) is 1.81. The minimum atomic E-state index is -1.51. The van der Waals surface area contributed by atoms with Crippen molar-refractivity contribution in [2.24, 2.45) is 13.0 Å². The number of aryl methyl sites for hydroxylation is 2. The molecule has 0 fully saturated rings. The molecule has 1 N–H and O–H groups in total. The second kappa shape index (κ2) is 6.18. The largest absolute Gasteiger partial charge is 0.325 e. The van der Waals surface area contributed by atoms with Gasteiger partial charge in [0.1, 0.15) is 11.5 Å². The highest BCUT2D eigenvalue weighted by molar-refractivity contribution is 6.14. The van der Waals surface area contributed by atoms with E-state index in [1.807, 2.05) is 0 Å². The highest BCUT2D eigenvalue weighted by Crippen LogP contribution is 2.13. The molecule has 1 atom stereocenters. The lowest BCUT2D eigenvalue weighted by Crippen LogP contribution is -2.29. The SMILES string of the molecule is Cc1cc(C(=O)C(C#N)C(=O)Nc2ccc(F)cc2)nn1C. The van der Waals surface area contributed by atoms with Crippen molar-refractivity contribution in [2.45, 2.75) is 6.92 Å². The van der Waals surface area contributed by atoms with Crippen LogP contribution in [0.5, 0.6) is 0 Å². The third-order valence-corrected chi connectivity index (χ3v) is 3.13. The van der Waals surface area contributed by atoms with Crippen LogP contribution in [0.15, 0.2) is 30.3 Å². The van der Waals surface area contributed by atoms with Crippen LogP contribution in [0.2, 0.25) is 0 Å². The predicted molar refractivity (Wildman–Crippen MR) is 76.4 cm³/mol. The summed E-state index contributed by atoms with van der Waals surface area (Å²) in [4.78, 5) is 24.3. The topological polar surface area (TPSA) is 87.8 Å². The number of anilines is 1. The molecule has 2 aromatic rings. The Morgan fingerprint density at radius 2 is 2.00 bits per heavy atom. The second-order valence-corrected chi connectivity index (χ2v) is 4.72. The molecule has 112 valence electrons. The minimum Gasteiger partial charge on any atom is -0.325 e. The number of amides is 1. The van der Waals surface area contributed by atoms with Crippen LogP contribution in [0.3, 0.4) is 0 Å². The average Bonchev–Trinajstić information content (AvgIpc) is 2.82. The minimum absolute atomic E-state index is 0.0563. The van der Waals surface area contributed by atoms with E-state index in [1.165, 1.54) is 35.0 Å². The number of nitrogens with zero attached hydrogens (tertiary/aromatic N) is 3. The number of benzene rings is 1. The summed E-state index contributed by atoms with van der Waals surface area (Å²) < 4.78 is 14.3. The van der Waals surface area contributed by atoms with Crippen molar-refractivity contribution in [1.29, 1.82) is 5.26 Å². The lowest BCUT2D eigenvalue weighted by molar-refractivity contribution is -0.117. The van der Waals surface area contributed by atoms with Crippen molar-refractivity contribution >= 4 is 17.4 Å². The van der Waals surface area contributed by atoms with Crippen LogP contribution in [0.25, 0.3) is 0 Å². The van der Waals surface area contributed by atoms with Gasteiger partial charge in [-0.3, -0.25) is 14.3 Å². The molecule has 0 bridgehead atoms. The number of ketones is 1. The van der Waals surface area contributed by atoms with Gasteiger partial charge < -0.3 is 5.32 Å². The molecule has 22 heavy (non-hydrogen) atoms. The normalized spacial score (nSPS) is 11.5. The van der Waals surface area contributed by atoms with Crippen LogP contribution in [-0.2, 0) is 11.8 Å². The Balaban J connectivity index is 2.17. The Kier molecular flexibility index (Phi) is 4.32. The van der Waals surface area contributed by atoms with E-state index in [0.29, 0.717) is 5.69 Å². The summed E-state index contributed by atoms with van der Waals surface area (Å²) in [6, 6.07) is 8.21. The highest BCUT2D eigenvalue weighted by Gasteiger charge is 2.29. The van der Waals surface area contributed by atoms with E-state index in [9.17, 15) is 14.0 Å². The molecule has 1 amide bonds. The number of carbonyl (C=O) groups is 2. The summed E-state index contributed by atoms with van der Waals surface area (Å²) in [6.07, 6.45) is 0. The van der Waals surface area contributed by atoms with Crippen molar-refractivity contribution in [3.63, 3.8) is 0 Å². The van der Waals surface area contributed by atoms with Crippen LogP contribution in [0, 0.1) is 30.0 Å². The first-order valence-corrected chi connectivity index (χ1v) is 6.43. The zero-order chi connectivity index (χ0) is 16.3. The summed E-state index contributed by atoms with van der Waals surface area (Å²) in [5.74, 6) is -3.41. The van der Waals surface area contributed by atoms with E-state index in [2.05, 4.69) is 10.4 Å². The second-order valence-electron chi connectivity index (χ2n) is 4.72. The number of Topliss-reactive ketones (excluding diaryl/α,β-unsaturated/α-hetero) is 1. The standard InChI is InChI=1S/C15H13FN4O2/c1-9-7-13(19-20(9)2)14(21)12(8-17)15(22)18-11-5-3-10(16)4-6-11/h3-7,12H,1-2H3,(H,18,22). The van der Waals surface area contributed by atoms with Gasteiger partial charge in [0.25, 0.3) is 0 Å². The van der Waals surface area contributed by atoms with Crippen molar-refractivity contribution in [3.8, 4) is 6.07 Å². The summed E-state index contributed by atoms with van der Waals surface area (Å²) in [5, 5.41) is 15.5. The molecule has 6 nitrogen and oxygen atoms in total. The smallest absolute Gasteiger partial charge is 0.249 e. The highest BCUT2D eigenvalue weighted by atomic mass is 19.1. The summed E-state index contributed by atoms with van der Waals surface area (Å²) in [5.41, 5.74) is 1.09. The Morgan fingerprint density at radius 1 is 1.36 bits per heavy atom. The molecule has 0 spiro atoms. The molecule has 2 rings (SSSR count). The number of hydrogen-bond donors (Lipinski definition) is 1. The first-order valence-electron chi connectivity index (χ1n) is 6.43. The quantitative estimate of drug-likeness (QED) is 0.689. The molecular weight excluding hydrogens is 287 g/mol. The Labute approximate surface area is 126 Å². The van der Waals surface area contributed by atoms with Crippen LogP contribution in [0.4, 0.5) is 10.1 Å². The lowest BCUT2D eigenvalue weighted by Gasteiger charge is -2.08. The number of hydrogen-bond acceptors (Lipinski definition) is 4. The van der Waals surface area contributed by atoms with Crippen molar-refractivity contribution in [3.05, 3.63) is 47.5 Å². The van der Waals surface area contributed by atoms with Crippen molar-refractivity contribution in [1.82, 2.24) is 9.78 Å². The molecule has 1 aromatic carbocycles. The van der Waals surface area contributed by atoms with Crippen molar-refractivity contribution in [2.75, 3.05) is 5.32 Å². The molecular formula is C15H13FN4O2. The van der Waals surface area contributed by atoms with E-state index in [-0.39, 0.29) is 5.69 Å². The molecule has 0 aliphatic heterocycles. The molecule has 0 radical (unpaired) electrons. The van der Waals surface area contributed by atoms with Gasteiger partial charge in [0, 0.05) is 18.4 Å². The molecule has 1 heterocycles. The Hall–Kier alpha value is -3.01. The molecule has 7 heteroatoms. The van der Waals surface area contributed by atoms with E-state index in [0.717, 1.165) is 5.69 Å². The van der Waals surface area contributed by atoms with Crippen LogP contribution >= 0.6 is 0 Å². The van der Waals surface area contributed by atoms with Gasteiger partial charge in [0.15, 0.2) is 5.92 Å². The molecule has 1 aromatic heterocycles. The maximum absolute atomic E-state index is 12.8. The van der Waals surface area contributed by atoms with E-state index < -0.39 is 23.4 Å². The fourth-order valence-corrected chi connectivity index (χ4v) is 1.81. The van der Waals surface area contributed by atoms with Gasteiger partial charge in [-0.2, -0.15) is 10.4 Å². The zero-order valence-corrected chi connectivity index (χ0v) is 12.0. The van der Waals surface area contributed by atoms with Gasteiger partial charge >= 0.3 is 0 Å². The van der Waals surface area contributed by atoms with E-state index in [4.69, 9.17) is 5.26 Å². The van der Waals surface area contributed by atoms with E-state index in [1.54, 1.807) is 20.0 Å².